The van der Waals surface area contributed by atoms with Crippen LogP contribution in [0.4, 0.5) is 0 Å². The van der Waals surface area contributed by atoms with Crippen molar-refractivity contribution >= 4 is 21.4 Å². The largest absolute Gasteiger partial charge is 0.399 e. The van der Waals surface area contributed by atoms with E-state index in [4.69, 9.17) is 4.43 Å². The van der Waals surface area contributed by atoms with Gasteiger partial charge in [0.15, 0.2) is 0 Å². The lowest BCUT2D eigenvalue weighted by molar-refractivity contribution is -0.365. The molecule has 1 saturated heterocycles. The Balaban J connectivity index is 1.97. The van der Waals surface area contributed by atoms with Crippen molar-refractivity contribution in [2.75, 3.05) is 14.1 Å². The Hall–Kier alpha value is -1.18. The monoisotopic (exact) mass is 468 g/mol. The van der Waals surface area contributed by atoms with Gasteiger partial charge in [-0.25, -0.2) is 4.90 Å². The van der Waals surface area contributed by atoms with Crippen molar-refractivity contribution in [1.82, 2.24) is 14.8 Å². The quantitative estimate of drug-likeness (QED) is 0.565. The molecule has 1 aromatic carbocycles. The number of para-hydroxylation sites is 1. The van der Waals surface area contributed by atoms with E-state index >= 15 is 0 Å². The summed E-state index contributed by atoms with van der Waals surface area (Å²) in [5.41, 5.74) is -0.638. The van der Waals surface area contributed by atoms with Crippen molar-refractivity contribution in [1.29, 1.82) is 0 Å². The van der Waals surface area contributed by atoms with Crippen molar-refractivity contribution in [3.8, 4) is 0 Å². The smallest absolute Gasteiger partial charge is 0.249 e. The van der Waals surface area contributed by atoms with Crippen LogP contribution in [0, 0.1) is 5.92 Å². The predicted octanol–water partition coefficient (Wildman–Crippen LogP) is 5.29. The molecular weight excluding hydrogens is 426 g/mol. The van der Waals surface area contributed by atoms with E-state index in [0.717, 1.165) is 42.1 Å². The van der Waals surface area contributed by atoms with Crippen LogP contribution in [0.3, 0.4) is 0 Å². The molecule has 3 radical (unpaired) electrons. The first kappa shape index (κ1) is 24.9. The molecule has 2 fully saturated rings. The average molecular weight is 469 g/mol. The van der Waals surface area contributed by atoms with Gasteiger partial charge < -0.3 is 14.5 Å². The standard InChI is InChI=1S/C27H42N3O2Si/c1-7-8-18-26(31)25(4,22-19-28-23-17-13-12-16-21(22)23)29(5)24(2,3)27(32-33,30(26)6)20-14-10-9-11-15-20/h12-13,16-17,19-20,28,31H,7-11,14-15,18H2,1-6H3. The minimum atomic E-state index is -1.14. The van der Waals surface area contributed by atoms with Gasteiger partial charge in [0.1, 0.15) is 11.4 Å². The number of hydrogen-bond donors (Lipinski definition) is 2. The van der Waals surface area contributed by atoms with Gasteiger partial charge in [0.05, 0.1) is 11.1 Å². The summed E-state index contributed by atoms with van der Waals surface area (Å²) in [6.45, 7) is 8.97. The summed E-state index contributed by atoms with van der Waals surface area (Å²) in [6, 6.07) is 8.41. The second kappa shape index (κ2) is 8.79. The Morgan fingerprint density at radius 1 is 1.09 bits per heavy atom. The van der Waals surface area contributed by atoms with Crippen LogP contribution in [0.15, 0.2) is 30.5 Å². The SMILES string of the molecule is CCCCC1(O)N(C)C(O[Si])(C2CCCCC2)C(C)(C)N(C)C1(C)c1c[nH]c2ccccc12. The fraction of sp³-hybridized carbons (Fsp3) is 0.704. The summed E-state index contributed by atoms with van der Waals surface area (Å²) in [4.78, 5) is 8.08. The molecule has 1 aromatic heterocycles. The summed E-state index contributed by atoms with van der Waals surface area (Å²) in [7, 11) is 7.83. The molecule has 2 N–H and O–H groups in total. The zero-order valence-corrected chi connectivity index (χ0v) is 22.4. The van der Waals surface area contributed by atoms with E-state index in [1.165, 1.54) is 19.3 Å². The molecular formula is C27H42N3O2Si. The number of unbranched alkanes of at least 4 members (excludes halogenated alkanes) is 1. The van der Waals surface area contributed by atoms with Crippen LogP contribution in [0.2, 0.25) is 0 Å². The van der Waals surface area contributed by atoms with Gasteiger partial charge in [0.2, 0.25) is 10.5 Å². The van der Waals surface area contributed by atoms with Gasteiger partial charge >= 0.3 is 0 Å². The molecule has 0 bridgehead atoms. The maximum atomic E-state index is 12.9. The van der Waals surface area contributed by atoms with Crippen molar-refractivity contribution in [2.24, 2.45) is 5.92 Å². The number of nitrogens with one attached hydrogen (secondary N) is 1. The highest BCUT2D eigenvalue weighted by molar-refractivity contribution is 5.98. The lowest BCUT2D eigenvalue weighted by Crippen LogP contribution is -2.87. The number of aliphatic hydroxyl groups is 1. The molecule has 3 atom stereocenters. The van der Waals surface area contributed by atoms with Gasteiger partial charge in [-0.1, -0.05) is 50.8 Å². The fourth-order valence-electron chi connectivity index (χ4n) is 7.33. The number of hydrogen-bond acceptors (Lipinski definition) is 4. The van der Waals surface area contributed by atoms with E-state index in [9.17, 15) is 5.11 Å². The number of piperazine rings is 1. The first-order valence-corrected chi connectivity index (χ1v) is 13.1. The number of benzene rings is 1. The molecule has 4 rings (SSSR count). The highest BCUT2D eigenvalue weighted by Gasteiger charge is 2.71. The molecule has 181 valence electrons. The van der Waals surface area contributed by atoms with E-state index < -0.39 is 22.5 Å². The van der Waals surface area contributed by atoms with Crippen molar-refractivity contribution in [3.63, 3.8) is 0 Å². The summed E-state index contributed by atoms with van der Waals surface area (Å²) in [5.74, 6) is 0.326. The zero-order chi connectivity index (χ0) is 24.1. The van der Waals surface area contributed by atoms with Crippen LogP contribution in [-0.4, -0.2) is 61.5 Å². The molecule has 2 aromatic rings. The highest BCUT2D eigenvalue weighted by atomic mass is 28.2. The molecule has 33 heavy (non-hydrogen) atoms. The number of H-pyrrole nitrogens is 1. The van der Waals surface area contributed by atoms with Crippen LogP contribution >= 0.6 is 0 Å². The Morgan fingerprint density at radius 3 is 2.39 bits per heavy atom. The minimum absolute atomic E-state index is 0.326. The van der Waals surface area contributed by atoms with Crippen LogP contribution < -0.4 is 0 Å². The van der Waals surface area contributed by atoms with Crippen LogP contribution in [0.5, 0.6) is 0 Å². The van der Waals surface area contributed by atoms with Gasteiger partial charge in [-0.3, -0.25) is 4.90 Å². The van der Waals surface area contributed by atoms with Gasteiger partial charge in [-0.15, -0.1) is 0 Å². The van der Waals surface area contributed by atoms with Crippen LogP contribution in [0.1, 0.15) is 84.6 Å². The molecule has 5 nitrogen and oxygen atoms in total. The van der Waals surface area contributed by atoms with Crippen molar-refractivity contribution in [2.45, 2.75) is 102 Å². The van der Waals surface area contributed by atoms with Gasteiger partial charge in [-0.2, -0.15) is 0 Å². The van der Waals surface area contributed by atoms with E-state index in [2.05, 4.69) is 97.5 Å². The number of aromatic nitrogens is 1. The van der Waals surface area contributed by atoms with E-state index in [1.807, 2.05) is 0 Å². The molecule has 0 amide bonds. The first-order chi connectivity index (χ1) is 15.6. The molecule has 2 heterocycles. The van der Waals surface area contributed by atoms with Crippen LogP contribution in [-0.2, 0) is 9.96 Å². The number of likely N-dealkylation sites (N-methyl/N-ethyl adjacent to an activating group) is 2. The highest BCUT2D eigenvalue weighted by Crippen LogP contribution is 2.59. The second-order valence-electron chi connectivity index (χ2n) is 11.1. The third-order valence-electron chi connectivity index (χ3n) is 9.53. The van der Waals surface area contributed by atoms with Crippen LogP contribution in [0.25, 0.3) is 10.9 Å². The number of fused-ring (bicyclic) bond motifs is 1. The van der Waals surface area contributed by atoms with Gasteiger partial charge in [-0.05, 0) is 66.6 Å². The lowest BCUT2D eigenvalue weighted by Gasteiger charge is -2.73. The Bertz CT molecular complexity index is 971. The molecule has 1 saturated carbocycles. The third kappa shape index (κ3) is 3.24. The molecule has 0 spiro atoms. The number of aromatic amines is 1. The Labute approximate surface area is 203 Å². The predicted molar refractivity (Wildman–Crippen MR) is 136 cm³/mol. The summed E-state index contributed by atoms with van der Waals surface area (Å²) in [5, 5.41) is 14.1. The van der Waals surface area contributed by atoms with Gasteiger partial charge in [0, 0.05) is 28.6 Å². The third-order valence-corrected chi connectivity index (χ3v) is 9.84. The maximum Gasteiger partial charge on any atom is 0.249 e. The van der Waals surface area contributed by atoms with E-state index in [1.54, 1.807) is 0 Å². The van der Waals surface area contributed by atoms with E-state index in [0.29, 0.717) is 12.3 Å². The second-order valence-corrected chi connectivity index (χ2v) is 11.3. The number of nitrogens with zero attached hydrogens (tertiary/aromatic N) is 2. The molecule has 6 heteroatoms. The van der Waals surface area contributed by atoms with E-state index in [-0.39, 0.29) is 0 Å². The summed E-state index contributed by atoms with van der Waals surface area (Å²) < 4.78 is 6.41. The lowest BCUT2D eigenvalue weighted by atomic mass is 9.63. The summed E-state index contributed by atoms with van der Waals surface area (Å²) >= 11 is 0. The molecule has 3 unspecified atom stereocenters. The Kier molecular flexibility index (Phi) is 6.64. The van der Waals surface area contributed by atoms with Gasteiger partial charge in [0.25, 0.3) is 0 Å². The molecule has 1 aliphatic carbocycles. The fourth-order valence-corrected chi connectivity index (χ4v) is 7.88. The van der Waals surface area contributed by atoms with Crippen molar-refractivity contribution < 1.29 is 9.53 Å². The molecule has 1 aliphatic heterocycles. The summed E-state index contributed by atoms with van der Waals surface area (Å²) in [6.07, 6.45) is 10.7. The topological polar surface area (TPSA) is 51.7 Å². The first-order valence-electron chi connectivity index (χ1n) is 12.7. The molecule has 2 aliphatic rings. The Morgan fingerprint density at radius 2 is 1.76 bits per heavy atom. The van der Waals surface area contributed by atoms with Crippen molar-refractivity contribution in [3.05, 3.63) is 36.0 Å². The maximum absolute atomic E-state index is 12.9. The normalized spacial score (nSPS) is 34.2. The average Bonchev–Trinajstić information content (AvgIpc) is 3.26. The zero-order valence-electron chi connectivity index (χ0n) is 21.4. The minimum Gasteiger partial charge on any atom is -0.399 e. The number of rotatable bonds is 6.